The van der Waals surface area contributed by atoms with Crippen LogP contribution in [-0.4, -0.2) is 27.2 Å². The van der Waals surface area contributed by atoms with Crippen molar-refractivity contribution in [1.82, 2.24) is 4.72 Å². The van der Waals surface area contributed by atoms with Gasteiger partial charge >= 0.3 is 0 Å². The van der Waals surface area contributed by atoms with Crippen molar-refractivity contribution in [3.8, 4) is 0 Å². The number of ether oxygens (including phenoxy) is 1. The molecule has 1 saturated carbocycles. The molecule has 1 heterocycles. The fraction of sp³-hybridized carbons (Fsp3) is 0.667. The number of rotatable bonds is 5. The lowest BCUT2D eigenvalue weighted by Crippen LogP contribution is -2.40. The first-order valence-corrected chi connectivity index (χ1v) is 10.3. The van der Waals surface area contributed by atoms with Gasteiger partial charge in [0, 0.05) is 12.6 Å². The predicted octanol–water partition coefficient (Wildman–Crippen LogP) is 3.58. The molecule has 1 aromatic rings. The molecule has 128 valence electrons. The third-order valence-corrected chi connectivity index (χ3v) is 6.71. The molecule has 0 radical (unpaired) electrons. The lowest BCUT2D eigenvalue weighted by Gasteiger charge is -2.22. The Kier molecular flexibility index (Phi) is 5.39. The normalized spacial score (nSPS) is 24.7. The third kappa shape index (κ3) is 4.14. The van der Waals surface area contributed by atoms with Gasteiger partial charge in [-0.1, -0.05) is 31.4 Å². The maximum atomic E-state index is 12.5. The van der Waals surface area contributed by atoms with Crippen molar-refractivity contribution in [2.45, 2.75) is 74.8 Å². The van der Waals surface area contributed by atoms with Crippen molar-refractivity contribution in [1.29, 1.82) is 0 Å². The van der Waals surface area contributed by atoms with E-state index in [0.29, 0.717) is 10.8 Å². The summed E-state index contributed by atoms with van der Waals surface area (Å²) in [5.74, 6) is 0.597. The van der Waals surface area contributed by atoms with Crippen molar-refractivity contribution in [3.63, 3.8) is 0 Å². The van der Waals surface area contributed by atoms with E-state index < -0.39 is 10.0 Å². The van der Waals surface area contributed by atoms with Crippen molar-refractivity contribution < 1.29 is 13.2 Å². The van der Waals surface area contributed by atoms with Crippen LogP contribution in [0.15, 0.2) is 29.2 Å². The summed E-state index contributed by atoms with van der Waals surface area (Å²) in [4.78, 5) is 0.349. The molecule has 1 aliphatic heterocycles. The summed E-state index contributed by atoms with van der Waals surface area (Å²) in [7, 11) is -3.47. The number of hydrogen-bond donors (Lipinski definition) is 1. The maximum absolute atomic E-state index is 12.5. The molecule has 1 aliphatic carbocycles. The largest absolute Gasteiger partial charge is 0.377 e. The van der Waals surface area contributed by atoms with Gasteiger partial charge in [-0.05, 0) is 56.2 Å². The highest BCUT2D eigenvalue weighted by atomic mass is 32.2. The van der Waals surface area contributed by atoms with E-state index in [1.165, 1.54) is 37.7 Å². The van der Waals surface area contributed by atoms with Crippen molar-refractivity contribution in [2.24, 2.45) is 0 Å². The number of hydrogen-bond acceptors (Lipinski definition) is 3. The SMILES string of the molecule is C[C@@H](NS(=O)(=O)c1ccc(C2CCCCC2)cc1)[C@H]1CCCO1. The highest BCUT2D eigenvalue weighted by Crippen LogP contribution is 2.32. The fourth-order valence-corrected chi connectivity index (χ4v) is 5.01. The van der Waals surface area contributed by atoms with Crippen LogP contribution in [-0.2, 0) is 14.8 Å². The van der Waals surface area contributed by atoms with E-state index in [1.54, 1.807) is 12.1 Å². The van der Waals surface area contributed by atoms with Gasteiger partial charge in [-0.25, -0.2) is 13.1 Å². The Morgan fingerprint density at radius 1 is 1.04 bits per heavy atom. The Morgan fingerprint density at radius 2 is 1.74 bits per heavy atom. The van der Waals surface area contributed by atoms with Crippen LogP contribution >= 0.6 is 0 Å². The van der Waals surface area contributed by atoms with Gasteiger partial charge in [0.05, 0.1) is 11.0 Å². The molecule has 2 aliphatic rings. The monoisotopic (exact) mass is 337 g/mol. The van der Waals surface area contributed by atoms with Crippen LogP contribution in [0.1, 0.15) is 63.4 Å². The zero-order valence-corrected chi connectivity index (χ0v) is 14.6. The summed E-state index contributed by atoms with van der Waals surface area (Å²) in [6, 6.07) is 7.27. The minimum Gasteiger partial charge on any atom is -0.377 e. The quantitative estimate of drug-likeness (QED) is 0.893. The van der Waals surface area contributed by atoms with Gasteiger partial charge in [-0.15, -0.1) is 0 Å². The summed E-state index contributed by atoms with van der Waals surface area (Å²) in [6.45, 7) is 2.61. The maximum Gasteiger partial charge on any atom is 0.240 e. The molecular weight excluding hydrogens is 310 g/mol. The van der Waals surface area contributed by atoms with Gasteiger partial charge in [0.2, 0.25) is 10.0 Å². The highest BCUT2D eigenvalue weighted by molar-refractivity contribution is 7.89. The summed E-state index contributed by atoms with van der Waals surface area (Å²) >= 11 is 0. The minimum absolute atomic E-state index is 0.00807. The second-order valence-corrected chi connectivity index (χ2v) is 8.58. The van der Waals surface area contributed by atoms with Crippen LogP contribution in [0.2, 0.25) is 0 Å². The summed E-state index contributed by atoms with van der Waals surface area (Å²) in [5, 5.41) is 0. The first kappa shape index (κ1) is 16.9. The number of sulfonamides is 1. The van der Waals surface area contributed by atoms with Gasteiger partial charge in [-0.3, -0.25) is 0 Å². The van der Waals surface area contributed by atoms with Gasteiger partial charge in [-0.2, -0.15) is 0 Å². The van der Waals surface area contributed by atoms with Crippen LogP contribution < -0.4 is 4.72 Å². The van der Waals surface area contributed by atoms with E-state index in [4.69, 9.17) is 4.74 Å². The molecule has 0 aromatic heterocycles. The van der Waals surface area contributed by atoms with Gasteiger partial charge in [0.1, 0.15) is 0 Å². The van der Waals surface area contributed by atoms with Crippen molar-refractivity contribution >= 4 is 10.0 Å². The first-order valence-electron chi connectivity index (χ1n) is 8.80. The Labute approximate surface area is 139 Å². The zero-order valence-electron chi connectivity index (χ0n) is 13.8. The Bertz CT molecular complexity index is 600. The van der Waals surface area contributed by atoms with E-state index in [0.717, 1.165) is 19.4 Å². The standard InChI is InChI=1S/C18H27NO3S/c1-14(18-8-5-13-22-18)19-23(20,21)17-11-9-16(10-12-17)15-6-3-2-4-7-15/h9-12,14-15,18-19H,2-8,13H2,1H3/t14-,18-/m1/s1. The smallest absolute Gasteiger partial charge is 0.240 e. The molecule has 0 bridgehead atoms. The van der Waals surface area contributed by atoms with Crippen molar-refractivity contribution in [2.75, 3.05) is 6.61 Å². The average molecular weight is 337 g/mol. The molecule has 0 amide bonds. The van der Waals surface area contributed by atoms with Gasteiger partial charge < -0.3 is 4.74 Å². The topological polar surface area (TPSA) is 55.4 Å². The minimum atomic E-state index is -3.47. The lowest BCUT2D eigenvalue weighted by atomic mass is 9.84. The third-order valence-electron chi connectivity index (χ3n) is 5.13. The second kappa shape index (κ2) is 7.32. The molecule has 2 atom stereocenters. The van der Waals surface area contributed by atoms with Crippen LogP contribution in [0, 0.1) is 0 Å². The molecule has 4 nitrogen and oxygen atoms in total. The van der Waals surface area contributed by atoms with E-state index in [1.807, 2.05) is 19.1 Å². The van der Waals surface area contributed by atoms with Crippen LogP contribution in [0.25, 0.3) is 0 Å². The Hall–Kier alpha value is -0.910. The van der Waals surface area contributed by atoms with E-state index in [2.05, 4.69) is 4.72 Å². The average Bonchev–Trinajstić information content (AvgIpc) is 3.10. The second-order valence-electron chi connectivity index (χ2n) is 6.87. The van der Waals surface area contributed by atoms with Crippen LogP contribution in [0.3, 0.4) is 0 Å². The van der Waals surface area contributed by atoms with E-state index in [-0.39, 0.29) is 12.1 Å². The Morgan fingerprint density at radius 3 is 2.35 bits per heavy atom. The molecule has 3 rings (SSSR count). The number of nitrogens with one attached hydrogen (secondary N) is 1. The summed E-state index contributed by atoms with van der Waals surface area (Å²) < 4.78 is 33.4. The molecule has 5 heteroatoms. The predicted molar refractivity (Wildman–Crippen MR) is 91.0 cm³/mol. The molecule has 23 heavy (non-hydrogen) atoms. The van der Waals surface area contributed by atoms with E-state index in [9.17, 15) is 8.42 Å². The Balaban J connectivity index is 1.67. The van der Waals surface area contributed by atoms with Crippen LogP contribution in [0.4, 0.5) is 0 Å². The van der Waals surface area contributed by atoms with Crippen LogP contribution in [0.5, 0.6) is 0 Å². The summed E-state index contributed by atoms with van der Waals surface area (Å²) in [5.41, 5.74) is 1.27. The molecule has 0 unspecified atom stereocenters. The van der Waals surface area contributed by atoms with E-state index >= 15 is 0 Å². The molecule has 0 spiro atoms. The molecular formula is C18H27NO3S. The highest BCUT2D eigenvalue weighted by Gasteiger charge is 2.27. The van der Waals surface area contributed by atoms with Gasteiger partial charge in [0.25, 0.3) is 0 Å². The van der Waals surface area contributed by atoms with Crippen molar-refractivity contribution in [3.05, 3.63) is 29.8 Å². The summed E-state index contributed by atoms with van der Waals surface area (Å²) in [6.07, 6.45) is 8.26. The fourth-order valence-electron chi connectivity index (χ4n) is 3.74. The number of benzene rings is 1. The lowest BCUT2D eigenvalue weighted by molar-refractivity contribution is 0.0902. The molecule has 1 aromatic carbocycles. The molecule has 1 N–H and O–H groups in total. The molecule has 2 fully saturated rings. The first-order chi connectivity index (χ1) is 11.1. The molecule has 1 saturated heterocycles. The van der Waals surface area contributed by atoms with Gasteiger partial charge in [0.15, 0.2) is 0 Å². The zero-order chi connectivity index (χ0) is 16.3.